The molecular formula is C18H17NO3S. The Bertz CT molecular complexity index is 798. The molecule has 0 saturated carbocycles. The van der Waals surface area contributed by atoms with Crippen molar-refractivity contribution in [2.24, 2.45) is 0 Å². The molecular weight excluding hydrogens is 310 g/mol. The van der Waals surface area contributed by atoms with Crippen LogP contribution in [0.25, 0.3) is 17.0 Å². The van der Waals surface area contributed by atoms with E-state index in [-0.39, 0.29) is 12.5 Å². The lowest BCUT2D eigenvalue weighted by Gasteiger charge is -2.20. The van der Waals surface area contributed by atoms with E-state index in [2.05, 4.69) is 5.32 Å². The van der Waals surface area contributed by atoms with Crippen LogP contribution in [0.4, 0.5) is 0 Å². The number of hydrogen-bond acceptors (Lipinski definition) is 4. The average molecular weight is 327 g/mol. The topological polar surface area (TPSA) is 62.5 Å². The largest absolute Gasteiger partial charge is 0.458 e. The van der Waals surface area contributed by atoms with Gasteiger partial charge in [-0.3, -0.25) is 4.79 Å². The molecule has 0 aliphatic heterocycles. The van der Waals surface area contributed by atoms with Crippen LogP contribution in [0.2, 0.25) is 0 Å². The molecule has 1 aromatic carbocycles. The van der Waals surface area contributed by atoms with Crippen molar-refractivity contribution in [2.75, 3.05) is 6.54 Å². The van der Waals surface area contributed by atoms with E-state index < -0.39 is 5.60 Å². The zero-order valence-corrected chi connectivity index (χ0v) is 13.5. The second kappa shape index (κ2) is 6.40. The Morgan fingerprint density at radius 3 is 2.96 bits per heavy atom. The van der Waals surface area contributed by atoms with Crippen LogP contribution in [0.3, 0.4) is 0 Å². The van der Waals surface area contributed by atoms with Gasteiger partial charge in [0.25, 0.3) is 0 Å². The summed E-state index contributed by atoms with van der Waals surface area (Å²) in [6, 6.07) is 11.3. The molecule has 0 spiro atoms. The van der Waals surface area contributed by atoms with Gasteiger partial charge in [-0.2, -0.15) is 11.3 Å². The van der Waals surface area contributed by atoms with Crippen molar-refractivity contribution < 1.29 is 14.3 Å². The molecule has 1 atom stereocenters. The third kappa shape index (κ3) is 3.70. The molecule has 0 aliphatic carbocycles. The number of thiophene rings is 1. The van der Waals surface area contributed by atoms with E-state index in [1.165, 1.54) is 6.08 Å². The van der Waals surface area contributed by atoms with Crippen molar-refractivity contribution in [1.29, 1.82) is 0 Å². The Hall–Kier alpha value is -2.37. The van der Waals surface area contributed by atoms with Gasteiger partial charge in [-0.25, -0.2) is 0 Å². The monoisotopic (exact) mass is 327 g/mol. The van der Waals surface area contributed by atoms with Gasteiger partial charge in [0.05, 0.1) is 6.54 Å². The Morgan fingerprint density at radius 2 is 2.22 bits per heavy atom. The Balaban J connectivity index is 1.65. The number of carbonyl (C=O) groups excluding carboxylic acids is 1. The third-order valence-electron chi connectivity index (χ3n) is 3.53. The fourth-order valence-corrected chi connectivity index (χ4v) is 2.82. The smallest absolute Gasteiger partial charge is 0.244 e. The number of carbonyl (C=O) groups is 1. The molecule has 1 amide bonds. The van der Waals surface area contributed by atoms with Crippen LogP contribution >= 0.6 is 11.3 Å². The van der Waals surface area contributed by atoms with Crippen LogP contribution < -0.4 is 5.32 Å². The van der Waals surface area contributed by atoms with Gasteiger partial charge in [0.1, 0.15) is 16.9 Å². The lowest BCUT2D eigenvalue weighted by atomic mass is 10.0. The maximum atomic E-state index is 11.9. The minimum absolute atomic E-state index is 0.0691. The van der Waals surface area contributed by atoms with Crippen LogP contribution in [0.5, 0.6) is 0 Å². The van der Waals surface area contributed by atoms with Crippen LogP contribution in [-0.4, -0.2) is 17.6 Å². The number of fused-ring (bicyclic) bond motifs is 1. The van der Waals surface area contributed by atoms with Crippen molar-refractivity contribution in [3.8, 4) is 0 Å². The SMILES string of the molecule is CC(O)(CNC(=O)C=Cc1ccsc1)c1cc2ccccc2o1. The first-order valence-corrected chi connectivity index (χ1v) is 8.18. The minimum atomic E-state index is -1.27. The van der Waals surface area contributed by atoms with Crippen LogP contribution in [0, 0.1) is 0 Å². The predicted molar refractivity (Wildman–Crippen MR) is 92.1 cm³/mol. The number of furan rings is 1. The van der Waals surface area contributed by atoms with E-state index in [0.717, 1.165) is 10.9 Å². The van der Waals surface area contributed by atoms with Gasteiger partial charge in [0.2, 0.25) is 5.91 Å². The van der Waals surface area contributed by atoms with Crippen LogP contribution in [0.1, 0.15) is 18.2 Å². The van der Waals surface area contributed by atoms with Gasteiger partial charge >= 0.3 is 0 Å². The molecule has 1 unspecified atom stereocenters. The van der Waals surface area contributed by atoms with Gasteiger partial charge in [-0.1, -0.05) is 18.2 Å². The zero-order valence-electron chi connectivity index (χ0n) is 12.7. The Kier molecular flexibility index (Phi) is 4.32. The van der Waals surface area contributed by atoms with E-state index in [1.54, 1.807) is 30.4 Å². The molecule has 0 bridgehead atoms. The molecule has 0 fully saturated rings. The number of para-hydroxylation sites is 1. The number of rotatable bonds is 5. The molecule has 2 N–H and O–H groups in total. The van der Waals surface area contributed by atoms with E-state index in [4.69, 9.17) is 4.42 Å². The van der Waals surface area contributed by atoms with Crippen LogP contribution in [0.15, 0.2) is 57.7 Å². The highest BCUT2D eigenvalue weighted by molar-refractivity contribution is 7.08. The summed E-state index contributed by atoms with van der Waals surface area (Å²) in [4.78, 5) is 11.9. The molecule has 0 saturated heterocycles. The number of nitrogens with one attached hydrogen (secondary N) is 1. The van der Waals surface area contributed by atoms with E-state index >= 15 is 0 Å². The highest BCUT2D eigenvalue weighted by Crippen LogP contribution is 2.27. The molecule has 23 heavy (non-hydrogen) atoms. The van der Waals surface area contributed by atoms with Gasteiger partial charge in [0, 0.05) is 11.5 Å². The molecule has 5 heteroatoms. The standard InChI is InChI=1S/C18H17NO3S/c1-18(21,16-10-14-4-2-3-5-15(14)22-16)12-19-17(20)7-6-13-8-9-23-11-13/h2-11,21H,12H2,1H3,(H,19,20). The molecule has 0 radical (unpaired) electrons. The van der Waals surface area contributed by atoms with Crippen molar-refractivity contribution in [1.82, 2.24) is 5.32 Å². The summed E-state index contributed by atoms with van der Waals surface area (Å²) in [6.07, 6.45) is 3.19. The number of aliphatic hydroxyl groups is 1. The van der Waals surface area contributed by atoms with Crippen molar-refractivity contribution in [2.45, 2.75) is 12.5 Å². The molecule has 0 aliphatic rings. The second-order valence-corrected chi connectivity index (χ2v) is 6.31. The summed E-state index contributed by atoms with van der Waals surface area (Å²) >= 11 is 1.57. The van der Waals surface area contributed by atoms with E-state index in [9.17, 15) is 9.90 Å². The Labute approximate surface area is 138 Å². The predicted octanol–water partition coefficient (Wildman–Crippen LogP) is 3.53. The summed E-state index contributed by atoms with van der Waals surface area (Å²) in [5.74, 6) is 0.174. The Morgan fingerprint density at radius 1 is 1.39 bits per heavy atom. The second-order valence-electron chi connectivity index (χ2n) is 5.53. The van der Waals surface area contributed by atoms with Crippen molar-refractivity contribution >= 4 is 34.3 Å². The molecule has 118 valence electrons. The fraction of sp³-hybridized carbons (Fsp3) is 0.167. The number of amides is 1. The molecule has 3 rings (SSSR count). The maximum Gasteiger partial charge on any atom is 0.244 e. The zero-order chi connectivity index (χ0) is 16.3. The maximum absolute atomic E-state index is 11.9. The van der Waals surface area contributed by atoms with Crippen molar-refractivity contribution in [3.63, 3.8) is 0 Å². The highest BCUT2D eigenvalue weighted by Gasteiger charge is 2.27. The van der Waals surface area contributed by atoms with E-state index in [0.29, 0.717) is 11.3 Å². The summed E-state index contributed by atoms with van der Waals surface area (Å²) in [5.41, 5.74) is 0.422. The first-order valence-electron chi connectivity index (χ1n) is 7.24. The lowest BCUT2D eigenvalue weighted by Crippen LogP contribution is -2.37. The third-order valence-corrected chi connectivity index (χ3v) is 4.23. The quantitative estimate of drug-likeness (QED) is 0.705. The highest BCUT2D eigenvalue weighted by atomic mass is 32.1. The summed E-state index contributed by atoms with van der Waals surface area (Å²) in [7, 11) is 0. The van der Waals surface area contributed by atoms with Crippen molar-refractivity contribution in [3.05, 3.63) is 64.6 Å². The average Bonchev–Trinajstić information content (AvgIpc) is 3.20. The number of benzene rings is 1. The first kappa shape index (κ1) is 15.5. The van der Waals surface area contributed by atoms with Gasteiger partial charge in [0.15, 0.2) is 0 Å². The molecule has 3 aromatic rings. The number of hydrogen-bond donors (Lipinski definition) is 2. The molecule has 4 nitrogen and oxygen atoms in total. The van der Waals surface area contributed by atoms with Gasteiger partial charge in [-0.15, -0.1) is 0 Å². The summed E-state index contributed by atoms with van der Waals surface area (Å²) < 4.78 is 5.67. The normalized spacial score (nSPS) is 14.2. The lowest BCUT2D eigenvalue weighted by molar-refractivity contribution is -0.117. The molecule has 2 aromatic heterocycles. The van der Waals surface area contributed by atoms with E-state index in [1.807, 2.05) is 41.1 Å². The summed E-state index contributed by atoms with van der Waals surface area (Å²) in [5, 5.41) is 18.1. The minimum Gasteiger partial charge on any atom is -0.458 e. The molecule has 2 heterocycles. The summed E-state index contributed by atoms with van der Waals surface area (Å²) in [6.45, 7) is 1.69. The first-order chi connectivity index (χ1) is 11.0. The fourth-order valence-electron chi connectivity index (χ4n) is 2.19. The van der Waals surface area contributed by atoms with Crippen LogP contribution in [-0.2, 0) is 10.4 Å². The van der Waals surface area contributed by atoms with Gasteiger partial charge in [-0.05, 0) is 47.5 Å². The van der Waals surface area contributed by atoms with Gasteiger partial charge < -0.3 is 14.8 Å².